The van der Waals surface area contributed by atoms with E-state index in [9.17, 15) is 4.79 Å². The first-order valence-corrected chi connectivity index (χ1v) is 5.25. The highest BCUT2D eigenvalue weighted by Crippen LogP contribution is 2.09. The molecule has 0 radical (unpaired) electrons. The SMILES string of the molecule is O=C(NN=Cc1ccoc1)c1ccc(Cl)cc1. The first-order chi connectivity index (χ1) is 8.25. The van der Waals surface area contributed by atoms with Crippen LogP contribution in [0.1, 0.15) is 15.9 Å². The third-order valence-electron chi connectivity index (χ3n) is 2.03. The minimum atomic E-state index is -0.290. The maximum absolute atomic E-state index is 11.6. The van der Waals surface area contributed by atoms with Crippen LogP contribution in [-0.4, -0.2) is 12.1 Å². The van der Waals surface area contributed by atoms with Crippen LogP contribution in [0.25, 0.3) is 0 Å². The maximum Gasteiger partial charge on any atom is 0.271 e. The van der Waals surface area contributed by atoms with Gasteiger partial charge in [0.05, 0.1) is 18.7 Å². The van der Waals surface area contributed by atoms with Gasteiger partial charge in [0.25, 0.3) is 5.91 Å². The molecule has 2 aromatic rings. The lowest BCUT2D eigenvalue weighted by molar-refractivity contribution is 0.0955. The molecule has 86 valence electrons. The Bertz CT molecular complexity index is 518. The van der Waals surface area contributed by atoms with Crippen molar-refractivity contribution >= 4 is 23.7 Å². The van der Waals surface area contributed by atoms with Crippen molar-refractivity contribution < 1.29 is 9.21 Å². The fraction of sp³-hybridized carbons (Fsp3) is 0. The van der Waals surface area contributed by atoms with Crippen molar-refractivity contribution in [3.05, 3.63) is 59.0 Å². The lowest BCUT2D eigenvalue weighted by atomic mass is 10.2. The highest BCUT2D eigenvalue weighted by atomic mass is 35.5. The van der Waals surface area contributed by atoms with Crippen molar-refractivity contribution in [2.45, 2.75) is 0 Å². The summed E-state index contributed by atoms with van der Waals surface area (Å²) in [6, 6.07) is 8.29. The normalized spacial score (nSPS) is 10.6. The Balaban J connectivity index is 1.96. The molecule has 0 aliphatic carbocycles. The van der Waals surface area contributed by atoms with Crippen LogP contribution in [0.15, 0.2) is 52.4 Å². The summed E-state index contributed by atoms with van der Waals surface area (Å²) in [6.45, 7) is 0. The van der Waals surface area contributed by atoms with E-state index in [1.807, 2.05) is 0 Å². The molecule has 2 rings (SSSR count). The molecular formula is C12H9ClN2O2. The van der Waals surface area contributed by atoms with E-state index < -0.39 is 0 Å². The van der Waals surface area contributed by atoms with Crippen LogP contribution in [0, 0.1) is 0 Å². The number of hydrogen-bond acceptors (Lipinski definition) is 3. The smallest absolute Gasteiger partial charge is 0.271 e. The largest absolute Gasteiger partial charge is 0.472 e. The second kappa shape index (κ2) is 5.32. The summed E-state index contributed by atoms with van der Waals surface area (Å²) in [4.78, 5) is 11.6. The second-order valence-electron chi connectivity index (χ2n) is 3.26. The third kappa shape index (κ3) is 3.19. The molecule has 1 aromatic carbocycles. The molecule has 17 heavy (non-hydrogen) atoms. The summed E-state index contributed by atoms with van der Waals surface area (Å²) in [7, 11) is 0. The zero-order chi connectivity index (χ0) is 12.1. The molecule has 5 heteroatoms. The van der Waals surface area contributed by atoms with Crippen LogP contribution in [-0.2, 0) is 0 Å². The molecule has 0 atom stereocenters. The molecule has 1 aromatic heterocycles. The van der Waals surface area contributed by atoms with Crippen LogP contribution in [0.3, 0.4) is 0 Å². The quantitative estimate of drug-likeness (QED) is 0.671. The number of carbonyl (C=O) groups excluding carboxylic acids is 1. The van der Waals surface area contributed by atoms with Crippen molar-refractivity contribution in [3.63, 3.8) is 0 Å². The number of amides is 1. The average molecular weight is 249 g/mol. The second-order valence-corrected chi connectivity index (χ2v) is 3.70. The fourth-order valence-electron chi connectivity index (χ4n) is 1.18. The van der Waals surface area contributed by atoms with Gasteiger partial charge in [-0.1, -0.05) is 11.6 Å². The molecule has 0 saturated heterocycles. The molecule has 4 nitrogen and oxygen atoms in total. The van der Waals surface area contributed by atoms with E-state index in [0.717, 1.165) is 5.56 Å². The van der Waals surface area contributed by atoms with Crippen LogP contribution in [0.2, 0.25) is 5.02 Å². The van der Waals surface area contributed by atoms with Crippen molar-refractivity contribution in [1.29, 1.82) is 0 Å². The van der Waals surface area contributed by atoms with Crippen LogP contribution >= 0.6 is 11.6 Å². The van der Waals surface area contributed by atoms with Crippen molar-refractivity contribution in [2.24, 2.45) is 5.10 Å². The summed E-state index contributed by atoms with van der Waals surface area (Å²) >= 11 is 5.72. The molecule has 0 unspecified atom stereocenters. The lowest BCUT2D eigenvalue weighted by Crippen LogP contribution is -2.17. The molecule has 0 fully saturated rings. The third-order valence-corrected chi connectivity index (χ3v) is 2.28. The standard InChI is InChI=1S/C12H9ClN2O2/c13-11-3-1-10(2-4-11)12(16)15-14-7-9-5-6-17-8-9/h1-8H,(H,15,16). The number of hydrazone groups is 1. The number of benzene rings is 1. The van der Waals surface area contributed by atoms with Crippen LogP contribution < -0.4 is 5.43 Å². The topological polar surface area (TPSA) is 54.6 Å². The van der Waals surface area contributed by atoms with Crippen molar-refractivity contribution in [1.82, 2.24) is 5.43 Å². The van der Waals surface area contributed by atoms with Gasteiger partial charge in [0.2, 0.25) is 0 Å². The number of rotatable bonds is 3. The van der Waals surface area contributed by atoms with E-state index in [2.05, 4.69) is 10.5 Å². The van der Waals surface area contributed by atoms with Gasteiger partial charge in [-0.3, -0.25) is 4.79 Å². The summed E-state index contributed by atoms with van der Waals surface area (Å²) in [5, 5.41) is 4.38. The zero-order valence-corrected chi connectivity index (χ0v) is 9.52. The molecule has 1 N–H and O–H groups in total. The lowest BCUT2D eigenvalue weighted by Gasteiger charge is -1.98. The Hall–Kier alpha value is -2.07. The Kier molecular flexibility index (Phi) is 3.57. The van der Waals surface area contributed by atoms with E-state index in [1.165, 1.54) is 18.7 Å². The van der Waals surface area contributed by atoms with E-state index >= 15 is 0 Å². The van der Waals surface area contributed by atoms with E-state index in [1.54, 1.807) is 30.3 Å². The summed E-state index contributed by atoms with van der Waals surface area (Å²) in [5.74, 6) is -0.290. The first kappa shape index (κ1) is 11.4. The fourth-order valence-corrected chi connectivity index (χ4v) is 1.31. The van der Waals surface area contributed by atoms with Crippen molar-refractivity contribution in [2.75, 3.05) is 0 Å². The first-order valence-electron chi connectivity index (χ1n) is 4.87. The number of furan rings is 1. The zero-order valence-electron chi connectivity index (χ0n) is 8.76. The minimum Gasteiger partial charge on any atom is -0.472 e. The molecule has 0 saturated carbocycles. The summed E-state index contributed by atoms with van der Waals surface area (Å²) in [5.41, 5.74) is 3.68. The Morgan fingerprint density at radius 2 is 2.06 bits per heavy atom. The monoisotopic (exact) mass is 248 g/mol. The van der Waals surface area contributed by atoms with Gasteiger partial charge in [-0.05, 0) is 30.3 Å². The van der Waals surface area contributed by atoms with E-state index in [4.69, 9.17) is 16.0 Å². The van der Waals surface area contributed by atoms with Crippen LogP contribution in [0.4, 0.5) is 0 Å². The predicted molar refractivity (Wildman–Crippen MR) is 65.2 cm³/mol. The molecule has 1 heterocycles. The molecule has 0 spiro atoms. The summed E-state index contributed by atoms with van der Waals surface area (Å²) < 4.78 is 4.85. The van der Waals surface area contributed by atoms with Crippen LogP contribution in [0.5, 0.6) is 0 Å². The number of nitrogens with one attached hydrogen (secondary N) is 1. The Morgan fingerprint density at radius 3 is 2.71 bits per heavy atom. The van der Waals surface area contributed by atoms with E-state index in [-0.39, 0.29) is 5.91 Å². The van der Waals surface area contributed by atoms with Gasteiger partial charge in [0.15, 0.2) is 0 Å². The van der Waals surface area contributed by atoms with Gasteiger partial charge in [-0.25, -0.2) is 5.43 Å². The van der Waals surface area contributed by atoms with Gasteiger partial charge >= 0.3 is 0 Å². The minimum absolute atomic E-state index is 0.290. The van der Waals surface area contributed by atoms with Gasteiger partial charge in [0, 0.05) is 16.1 Å². The van der Waals surface area contributed by atoms with E-state index in [0.29, 0.717) is 10.6 Å². The highest BCUT2D eigenvalue weighted by molar-refractivity contribution is 6.30. The van der Waals surface area contributed by atoms with Gasteiger partial charge in [0.1, 0.15) is 0 Å². The Labute approximate surface area is 103 Å². The van der Waals surface area contributed by atoms with Gasteiger partial charge in [-0.15, -0.1) is 0 Å². The number of carbonyl (C=O) groups is 1. The molecule has 1 amide bonds. The number of hydrogen-bond donors (Lipinski definition) is 1. The summed E-state index contributed by atoms with van der Waals surface area (Å²) in [6.07, 6.45) is 4.55. The van der Waals surface area contributed by atoms with Crippen molar-refractivity contribution in [3.8, 4) is 0 Å². The highest BCUT2D eigenvalue weighted by Gasteiger charge is 2.02. The predicted octanol–water partition coefficient (Wildman–Crippen LogP) is 2.70. The van der Waals surface area contributed by atoms with Gasteiger partial charge in [-0.2, -0.15) is 5.10 Å². The molecule has 0 bridgehead atoms. The number of halogens is 1. The Morgan fingerprint density at radius 1 is 1.29 bits per heavy atom. The molecule has 0 aliphatic heterocycles. The average Bonchev–Trinajstić information content (AvgIpc) is 2.83. The number of nitrogens with zero attached hydrogens (tertiary/aromatic N) is 1. The van der Waals surface area contributed by atoms with Gasteiger partial charge < -0.3 is 4.42 Å². The molecular weight excluding hydrogens is 240 g/mol. The maximum atomic E-state index is 11.6. The molecule has 0 aliphatic rings.